The fourth-order valence-corrected chi connectivity index (χ4v) is 2.86. The molecule has 0 bridgehead atoms. The molecule has 0 saturated heterocycles. The highest BCUT2D eigenvalue weighted by Crippen LogP contribution is 2.20. The summed E-state index contributed by atoms with van der Waals surface area (Å²) < 4.78 is 0. The van der Waals surface area contributed by atoms with Gasteiger partial charge in [0.05, 0.1) is 4.92 Å². The van der Waals surface area contributed by atoms with Gasteiger partial charge in [0.25, 0.3) is 5.69 Å². The molecule has 0 aliphatic heterocycles. The first-order chi connectivity index (χ1) is 12.2. The van der Waals surface area contributed by atoms with Gasteiger partial charge in [0.15, 0.2) is 0 Å². The minimum Gasteiger partial charge on any atom is -0.306 e. The largest absolute Gasteiger partial charge is 0.306 e. The van der Waals surface area contributed by atoms with Crippen LogP contribution in [-0.4, -0.2) is 4.92 Å². The summed E-state index contributed by atoms with van der Waals surface area (Å²) in [6, 6.07) is 27.5. The second-order valence-electron chi connectivity index (χ2n) is 5.96. The molecule has 0 radical (unpaired) electrons. The summed E-state index contributed by atoms with van der Waals surface area (Å²) >= 11 is 0. The monoisotopic (exact) mass is 332 g/mol. The van der Waals surface area contributed by atoms with Gasteiger partial charge < -0.3 is 5.32 Å². The highest BCUT2D eigenvalue weighted by Gasteiger charge is 2.13. The Morgan fingerprint density at radius 2 is 1.48 bits per heavy atom. The summed E-state index contributed by atoms with van der Waals surface area (Å²) in [5.41, 5.74) is 3.49. The van der Waals surface area contributed by atoms with Crippen molar-refractivity contribution < 1.29 is 4.92 Å². The van der Waals surface area contributed by atoms with Gasteiger partial charge in [-0.25, -0.2) is 0 Å². The number of nitrogens with one attached hydrogen (secondary N) is 1. The molecule has 126 valence electrons. The lowest BCUT2D eigenvalue weighted by Gasteiger charge is -2.19. The standard InChI is InChI=1S/C21H20N2O2/c24-23(25)20-13-7-10-18(14-20)16-22-21(19-11-5-2-6-12-19)15-17-8-3-1-4-9-17/h1-14,21-22H,15-16H2/t21-/m1/s1. The fourth-order valence-electron chi connectivity index (χ4n) is 2.86. The van der Waals surface area contributed by atoms with E-state index in [1.807, 2.05) is 42.5 Å². The zero-order valence-corrected chi connectivity index (χ0v) is 13.8. The lowest BCUT2D eigenvalue weighted by molar-refractivity contribution is -0.384. The average molecular weight is 332 g/mol. The van der Waals surface area contributed by atoms with Gasteiger partial charge in [-0.3, -0.25) is 10.1 Å². The number of nitrogens with zero attached hydrogens (tertiary/aromatic N) is 1. The van der Waals surface area contributed by atoms with Crippen LogP contribution in [0.15, 0.2) is 84.9 Å². The van der Waals surface area contributed by atoms with E-state index in [0.29, 0.717) is 6.54 Å². The molecule has 0 aliphatic carbocycles. The maximum Gasteiger partial charge on any atom is 0.269 e. The number of hydrogen-bond donors (Lipinski definition) is 1. The first-order valence-electron chi connectivity index (χ1n) is 8.28. The van der Waals surface area contributed by atoms with E-state index in [9.17, 15) is 10.1 Å². The molecule has 0 heterocycles. The Kier molecular flexibility index (Phi) is 5.54. The summed E-state index contributed by atoms with van der Waals surface area (Å²) in [5, 5.41) is 14.5. The molecule has 0 aliphatic rings. The summed E-state index contributed by atoms with van der Waals surface area (Å²) in [5.74, 6) is 0. The van der Waals surface area contributed by atoms with Crippen LogP contribution in [-0.2, 0) is 13.0 Å². The summed E-state index contributed by atoms with van der Waals surface area (Å²) in [6.45, 7) is 0.577. The third-order valence-corrected chi connectivity index (χ3v) is 4.16. The van der Waals surface area contributed by atoms with Crippen molar-refractivity contribution in [2.24, 2.45) is 0 Å². The van der Waals surface area contributed by atoms with Crippen LogP contribution in [0.5, 0.6) is 0 Å². The van der Waals surface area contributed by atoms with Gasteiger partial charge in [0.2, 0.25) is 0 Å². The molecule has 4 nitrogen and oxygen atoms in total. The molecule has 3 rings (SSSR count). The van der Waals surface area contributed by atoms with Crippen molar-refractivity contribution in [1.82, 2.24) is 5.32 Å². The second kappa shape index (κ2) is 8.22. The van der Waals surface area contributed by atoms with E-state index in [1.165, 1.54) is 17.2 Å². The van der Waals surface area contributed by atoms with Crippen LogP contribution in [0.4, 0.5) is 5.69 Å². The van der Waals surface area contributed by atoms with Crippen molar-refractivity contribution in [2.45, 2.75) is 19.0 Å². The Balaban J connectivity index is 1.76. The maximum absolute atomic E-state index is 10.9. The third kappa shape index (κ3) is 4.75. The van der Waals surface area contributed by atoms with Crippen LogP contribution in [0.25, 0.3) is 0 Å². The molecule has 25 heavy (non-hydrogen) atoms. The van der Waals surface area contributed by atoms with E-state index in [1.54, 1.807) is 12.1 Å². The van der Waals surface area contributed by atoms with Gasteiger partial charge in [-0.1, -0.05) is 72.8 Å². The molecule has 0 amide bonds. The van der Waals surface area contributed by atoms with Crippen molar-refractivity contribution in [3.63, 3.8) is 0 Å². The van der Waals surface area contributed by atoms with Crippen molar-refractivity contribution in [3.8, 4) is 0 Å². The zero-order valence-electron chi connectivity index (χ0n) is 13.8. The van der Waals surface area contributed by atoms with Crippen molar-refractivity contribution in [1.29, 1.82) is 0 Å². The van der Waals surface area contributed by atoms with Gasteiger partial charge in [0.1, 0.15) is 0 Å². The number of nitro groups is 1. The molecule has 3 aromatic carbocycles. The Hall–Kier alpha value is -2.98. The van der Waals surface area contributed by atoms with Gasteiger partial charge in [-0.15, -0.1) is 0 Å². The molecule has 4 heteroatoms. The molecule has 0 fully saturated rings. The van der Waals surface area contributed by atoms with Gasteiger partial charge in [-0.05, 0) is 23.1 Å². The highest BCUT2D eigenvalue weighted by atomic mass is 16.6. The Bertz CT molecular complexity index is 820. The molecule has 0 unspecified atom stereocenters. The van der Waals surface area contributed by atoms with Gasteiger partial charge in [-0.2, -0.15) is 0 Å². The normalized spacial score (nSPS) is 11.8. The van der Waals surface area contributed by atoms with E-state index in [0.717, 1.165) is 12.0 Å². The zero-order chi connectivity index (χ0) is 17.5. The first-order valence-corrected chi connectivity index (χ1v) is 8.28. The number of rotatable bonds is 7. The summed E-state index contributed by atoms with van der Waals surface area (Å²) in [4.78, 5) is 10.6. The highest BCUT2D eigenvalue weighted by molar-refractivity contribution is 5.34. The van der Waals surface area contributed by atoms with Crippen LogP contribution in [0, 0.1) is 10.1 Å². The van der Waals surface area contributed by atoms with Crippen LogP contribution in [0.1, 0.15) is 22.7 Å². The molecule has 0 saturated carbocycles. The molecule has 1 N–H and O–H groups in total. The van der Waals surface area contributed by atoms with Crippen LogP contribution < -0.4 is 5.32 Å². The SMILES string of the molecule is O=[N+]([O-])c1cccc(CN[C@H](Cc2ccccc2)c2ccccc2)c1. The van der Waals surface area contributed by atoms with Crippen LogP contribution in [0.2, 0.25) is 0 Å². The number of hydrogen-bond acceptors (Lipinski definition) is 3. The van der Waals surface area contributed by atoms with E-state index >= 15 is 0 Å². The summed E-state index contributed by atoms with van der Waals surface area (Å²) in [6.07, 6.45) is 0.861. The predicted octanol–water partition coefficient (Wildman–Crippen LogP) is 4.67. The fraction of sp³-hybridized carbons (Fsp3) is 0.143. The lowest BCUT2D eigenvalue weighted by atomic mass is 9.98. The molecular formula is C21H20N2O2. The number of nitro benzene ring substituents is 1. The average Bonchev–Trinajstić information content (AvgIpc) is 2.67. The lowest BCUT2D eigenvalue weighted by Crippen LogP contribution is -2.23. The van der Waals surface area contributed by atoms with Crippen molar-refractivity contribution >= 4 is 5.69 Å². The quantitative estimate of drug-likeness (QED) is 0.505. The number of benzene rings is 3. The third-order valence-electron chi connectivity index (χ3n) is 4.16. The van der Waals surface area contributed by atoms with Gasteiger partial charge in [0, 0.05) is 24.7 Å². The molecular weight excluding hydrogens is 312 g/mol. The smallest absolute Gasteiger partial charge is 0.269 e. The van der Waals surface area contributed by atoms with E-state index in [4.69, 9.17) is 0 Å². The maximum atomic E-state index is 10.9. The molecule has 0 spiro atoms. The van der Waals surface area contributed by atoms with Crippen molar-refractivity contribution in [3.05, 3.63) is 112 Å². The topological polar surface area (TPSA) is 55.2 Å². The molecule has 0 aromatic heterocycles. The Morgan fingerprint density at radius 1 is 0.840 bits per heavy atom. The Labute approximate surface area is 147 Å². The predicted molar refractivity (Wildman–Crippen MR) is 99.3 cm³/mol. The minimum absolute atomic E-state index is 0.124. The van der Waals surface area contributed by atoms with E-state index in [2.05, 4.69) is 29.6 Å². The first kappa shape index (κ1) is 16.9. The molecule has 3 aromatic rings. The van der Waals surface area contributed by atoms with Crippen molar-refractivity contribution in [2.75, 3.05) is 0 Å². The van der Waals surface area contributed by atoms with E-state index < -0.39 is 0 Å². The van der Waals surface area contributed by atoms with Crippen LogP contribution >= 0.6 is 0 Å². The van der Waals surface area contributed by atoms with Gasteiger partial charge >= 0.3 is 0 Å². The second-order valence-corrected chi connectivity index (χ2v) is 5.96. The molecule has 1 atom stereocenters. The van der Waals surface area contributed by atoms with Crippen LogP contribution in [0.3, 0.4) is 0 Å². The van der Waals surface area contributed by atoms with E-state index in [-0.39, 0.29) is 16.7 Å². The minimum atomic E-state index is -0.359. The number of non-ortho nitro benzene ring substituents is 1. The Morgan fingerprint density at radius 3 is 2.16 bits per heavy atom. The summed E-state index contributed by atoms with van der Waals surface area (Å²) in [7, 11) is 0.